The minimum absolute atomic E-state index is 0.0894. The van der Waals surface area contributed by atoms with Crippen LogP contribution >= 0.6 is 0 Å². The fourth-order valence-electron chi connectivity index (χ4n) is 4.49. The molecule has 2 saturated heterocycles. The first-order valence-electron chi connectivity index (χ1n) is 10.4. The van der Waals surface area contributed by atoms with Gasteiger partial charge in [0.1, 0.15) is 12.1 Å². The van der Waals surface area contributed by atoms with Crippen molar-refractivity contribution in [2.45, 2.75) is 44.2 Å². The third-order valence-corrected chi connectivity index (χ3v) is 6.07. The predicted octanol–water partition coefficient (Wildman–Crippen LogP) is 0.190. The van der Waals surface area contributed by atoms with Gasteiger partial charge in [-0.25, -0.2) is 4.79 Å². The van der Waals surface area contributed by atoms with E-state index in [1.54, 1.807) is 12.1 Å². The SMILES string of the molecule is NC(=O)OC1CCN(CCc2cccc3c2C(=O)N(C2CCC(=O)NC2=O)C3=O)CC1. The number of hydrogen-bond donors (Lipinski definition) is 2. The normalized spacial score (nSPS) is 22.5. The summed E-state index contributed by atoms with van der Waals surface area (Å²) in [7, 11) is 0. The Bertz CT molecular complexity index is 953. The highest BCUT2D eigenvalue weighted by atomic mass is 16.6. The van der Waals surface area contributed by atoms with Crippen molar-refractivity contribution in [3.8, 4) is 0 Å². The number of rotatable bonds is 5. The van der Waals surface area contributed by atoms with Gasteiger partial charge in [-0.3, -0.25) is 29.4 Å². The second-order valence-electron chi connectivity index (χ2n) is 8.01. The van der Waals surface area contributed by atoms with Gasteiger partial charge < -0.3 is 15.4 Å². The first-order valence-corrected chi connectivity index (χ1v) is 10.4. The number of ether oxygens (including phenoxy) is 1. The molecule has 1 unspecified atom stereocenters. The van der Waals surface area contributed by atoms with E-state index in [-0.39, 0.29) is 18.9 Å². The second kappa shape index (κ2) is 8.46. The van der Waals surface area contributed by atoms with Crippen molar-refractivity contribution >= 4 is 29.7 Å². The topological polar surface area (TPSA) is 139 Å². The molecule has 3 aliphatic rings. The van der Waals surface area contributed by atoms with Gasteiger partial charge in [0.25, 0.3) is 11.8 Å². The Morgan fingerprint density at radius 2 is 1.84 bits per heavy atom. The van der Waals surface area contributed by atoms with E-state index in [0.717, 1.165) is 23.6 Å². The molecule has 5 amide bonds. The molecule has 0 saturated carbocycles. The van der Waals surface area contributed by atoms with Gasteiger partial charge in [-0.15, -0.1) is 0 Å². The van der Waals surface area contributed by atoms with Crippen LogP contribution in [0, 0.1) is 0 Å². The number of nitrogens with two attached hydrogens (primary N) is 1. The highest BCUT2D eigenvalue weighted by Gasteiger charge is 2.45. The molecular formula is C21H24N4O6. The van der Waals surface area contributed by atoms with E-state index in [1.807, 2.05) is 6.07 Å². The van der Waals surface area contributed by atoms with Gasteiger partial charge in [-0.1, -0.05) is 12.1 Å². The molecule has 3 N–H and O–H groups in total. The van der Waals surface area contributed by atoms with Crippen LogP contribution in [0.15, 0.2) is 18.2 Å². The smallest absolute Gasteiger partial charge is 0.404 e. The van der Waals surface area contributed by atoms with Gasteiger partial charge in [0.05, 0.1) is 11.1 Å². The molecule has 164 valence electrons. The van der Waals surface area contributed by atoms with Crippen LogP contribution in [0.2, 0.25) is 0 Å². The van der Waals surface area contributed by atoms with Crippen LogP contribution in [0.4, 0.5) is 4.79 Å². The Hall–Kier alpha value is -3.27. The average molecular weight is 428 g/mol. The highest BCUT2D eigenvalue weighted by molar-refractivity contribution is 6.24. The number of hydrogen-bond acceptors (Lipinski definition) is 7. The van der Waals surface area contributed by atoms with Gasteiger partial charge in [0.15, 0.2) is 0 Å². The molecule has 4 rings (SSSR count). The van der Waals surface area contributed by atoms with Crippen molar-refractivity contribution in [2.24, 2.45) is 5.73 Å². The van der Waals surface area contributed by atoms with Gasteiger partial charge >= 0.3 is 6.09 Å². The summed E-state index contributed by atoms with van der Waals surface area (Å²) < 4.78 is 5.04. The summed E-state index contributed by atoms with van der Waals surface area (Å²) in [6.45, 7) is 2.16. The molecule has 1 atom stereocenters. The van der Waals surface area contributed by atoms with Crippen molar-refractivity contribution in [2.75, 3.05) is 19.6 Å². The zero-order valence-corrected chi connectivity index (χ0v) is 17.0. The Kier molecular flexibility index (Phi) is 5.73. The Labute approximate surface area is 178 Å². The zero-order valence-electron chi connectivity index (χ0n) is 17.0. The van der Waals surface area contributed by atoms with Crippen molar-refractivity contribution in [3.05, 3.63) is 34.9 Å². The maximum Gasteiger partial charge on any atom is 0.404 e. The molecule has 0 aromatic heterocycles. The molecule has 3 aliphatic heterocycles. The molecular weight excluding hydrogens is 404 g/mol. The largest absolute Gasteiger partial charge is 0.446 e. The molecule has 31 heavy (non-hydrogen) atoms. The molecule has 1 aromatic carbocycles. The molecule has 0 radical (unpaired) electrons. The number of primary amides is 1. The molecule has 0 aliphatic carbocycles. The minimum Gasteiger partial charge on any atom is -0.446 e. The number of nitrogens with zero attached hydrogens (tertiary/aromatic N) is 2. The number of imide groups is 2. The Balaban J connectivity index is 1.44. The summed E-state index contributed by atoms with van der Waals surface area (Å²) in [6.07, 6.45) is 1.23. The van der Waals surface area contributed by atoms with Crippen LogP contribution in [-0.4, -0.2) is 71.3 Å². The monoisotopic (exact) mass is 428 g/mol. The molecule has 10 nitrogen and oxygen atoms in total. The van der Waals surface area contributed by atoms with Crippen LogP contribution < -0.4 is 11.1 Å². The number of carbonyl (C=O) groups is 5. The van der Waals surface area contributed by atoms with Gasteiger partial charge in [0.2, 0.25) is 11.8 Å². The third kappa shape index (κ3) is 4.15. The zero-order chi connectivity index (χ0) is 22.1. The standard InChI is InChI=1S/C21H24N4O6/c22-21(30)31-13-7-10-24(11-8-13)9-6-12-2-1-3-14-17(12)20(29)25(19(14)28)15-4-5-16(26)23-18(15)27/h1-3,13,15H,4-11H2,(H2,22,30)(H,23,26,27). The lowest BCUT2D eigenvalue weighted by molar-refractivity contribution is -0.136. The Morgan fingerprint density at radius 3 is 2.52 bits per heavy atom. The summed E-state index contributed by atoms with van der Waals surface area (Å²) in [4.78, 5) is 63.7. The summed E-state index contributed by atoms with van der Waals surface area (Å²) in [5.74, 6) is -2.00. The van der Waals surface area contributed by atoms with Crippen molar-refractivity contribution in [3.63, 3.8) is 0 Å². The lowest BCUT2D eigenvalue weighted by Gasteiger charge is -2.31. The summed E-state index contributed by atoms with van der Waals surface area (Å²) in [5.41, 5.74) is 6.45. The highest BCUT2D eigenvalue weighted by Crippen LogP contribution is 2.30. The number of fused-ring (bicyclic) bond motifs is 1. The summed E-state index contributed by atoms with van der Waals surface area (Å²) >= 11 is 0. The van der Waals surface area contributed by atoms with E-state index in [2.05, 4.69) is 10.2 Å². The molecule has 3 heterocycles. The summed E-state index contributed by atoms with van der Waals surface area (Å²) in [5, 5.41) is 2.20. The third-order valence-electron chi connectivity index (χ3n) is 6.07. The van der Waals surface area contributed by atoms with Crippen molar-refractivity contribution < 1.29 is 28.7 Å². The molecule has 0 spiro atoms. The lowest BCUT2D eigenvalue weighted by atomic mass is 9.99. The van der Waals surface area contributed by atoms with Crippen LogP contribution in [0.25, 0.3) is 0 Å². The maximum absolute atomic E-state index is 13.1. The van der Waals surface area contributed by atoms with Crippen LogP contribution in [0.3, 0.4) is 0 Å². The van der Waals surface area contributed by atoms with E-state index < -0.39 is 35.8 Å². The number of benzene rings is 1. The van der Waals surface area contributed by atoms with Crippen LogP contribution in [0.5, 0.6) is 0 Å². The molecule has 0 bridgehead atoms. The van der Waals surface area contributed by atoms with E-state index in [1.165, 1.54) is 0 Å². The fourth-order valence-corrected chi connectivity index (χ4v) is 4.49. The van der Waals surface area contributed by atoms with Crippen LogP contribution in [0.1, 0.15) is 52.0 Å². The number of amides is 5. The van der Waals surface area contributed by atoms with Gasteiger partial charge in [0, 0.05) is 26.1 Å². The molecule has 2 fully saturated rings. The van der Waals surface area contributed by atoms with E-state index >= 15 is 0 Å². The van der Waals surface area contributed by atoms with Crippen LogP contribution in [-0.2, 0) is 20.7 Å². The lowest BCUT2D eigenvalue weighted by Crippen LogP contribution is -2.54. The number of nitrogens with one attached hydrogen (secondary N) is 1. The first-order chi connectivity index (χ1) is 14.8. The number of likely N-dealkylation sites (tertiary alicyclic amines) is 1. The minimum atomic E-state index is -0.970. The number of carbonyl (C=O) groups excluding carboxylic acids is 5. The van der Waals surface area contributed by atoms with Gasteiger partial charge in [-0.2, -0.15) is 0 Å². The van der Waals surface area contributed by atoms with E-state index in [4.69, 9.17) is 10.5 Å². The van der Waals surface area contributed by atoms with Crippen molar-refractivity contribution in [1.82, 2.24) is 15.1 Å². The van der Waals surface area contributed by atoms with E-state index in [9.17, 15) is 24.0 Å². The maximum atomic E-state index is 13.1. The van der Waals surface area contributed by atoms with Gasteiger partial charge in [-0.05, 0) is 37.3 Å². The second-order valence-corrected chi connectivity index (χ2v) is 8.01. The average Bonchev–Trinajstić information content (AvgIpc) is 2.98. The quantitative estimate of drug-likeness (QED) is 0.638. The Morgan fingerprint density at radius 1 is 1.10 bits per heavy atom. The molecule has 1 aromatic rings. The van der Waals surface area contributed by atoms with E-state index in [0.29, 0.717) is 36.9 Å². The predicted molar refractivity (Wildman–Crippen MR) is 107 cm³/mol. The first kappa shape index (κ1) is 21.0. The number of piperidine rings is 2. The molecule has 10 heteroatoms. The summed E-state index contributed by atoms with van der Waals surface area (Å²) in [6, 6.07) is 4.18. The fraction of sp³-hybridized carbons (Fsp3) is 0.476. The van der Waals surface area contributed by atoms with Crippen molar-refractivity contribution in [1.29, 1.82) is 0 Å².